The van der Waals surface area contributed by atoms with Crippen LogP contribution in [-0.2, 0) is 9.59 Å². The molecule has 0 aliphatic carbocycles. The first kappa shape index (κ1) is 24.1. The summed E-state index contributed by atoms with van der Waals surface area (Å²) < 4.78 is 5.87. The highest BCUT2D eigenvalue weighted by molar-refractivity contribution is 6.33. The number of ether oxygens (including phenoxy) is 1. The van der Waals surface area contributed by atoms with Crippen molar-refractivity contribution in [2.45, 2.75) is 33.1 Å². The van der Waals surface area contributed by atoms with Gasteiger partial charge in [-0.15, -0.1) is 0 Å². The zero-order valence-corrected chi connectivity index (χ0v) is 19.7. The Kier molecular flexibility index (Phi) is 8.94. The highest BCUT2D eigenvalue weighted by Gasteiger charge is 2.22. The molecule has 0 atom stereocenters. The quantitative estimate of drug-likeness (QED) is 0.570. The van der Waals surface area contributed by atoms with Crippen molar-refractivity contribution in [3.05, 3.63) is 58.6 Å². The Morgan fingerprint density at radius 2 is 1.78 bits per heavy atom. The normalized spacial score (nSPS) is 14.3. The smallest absolute Gasteiger partial charge is 0.238 e. The van der Waals surface area contributed by atoms with E-state index in [-0.39, 0.29) is 11.8 Å². The van der Waals surface area contributed by atoms with Gasteiger partial charge in [-0.25, -0.2) is 0 Å². The number of carbonyl (C=O) groups is 2. The van der Waals surface area contributed by atoms with Crippen molar-refractivity contribution in [2.24, 2.45) is 0 Å². The number of benzene rings is 2. The summed E-state index contributed by atoms with van der Waals surface area (Å²) >= 11 is 6.09. The van der Waals surface area contributed by atoms with E-state index in [1.54, 1.807) is 12.1 Å². The molecule has 172 valence electrons. The monoisotopic (exact) mass is 457 g/mol. The molecular formula is C25H32ClN3O3. The van der Waals surface area contributed by atoms with Crippen LogP contribution in [0, 0.1) is 13.8 Å². The number of hydrogen-bond acceptors (Lipinski definition) is 4. The van der Waals surface area contributed by atoms with Crippen LogP contribution in [0.3, 0.4) is 0 Å². The molecule has 32 heavy (non-hydrogen) atoms. The highest BCUT2D eigenvalue weighted by atomic mass is 35.5. The number of para-hydroxylation sites is 1. The third kappa shape index (κ3) is 7.24. The number of piperazine rings is 1. The van der Waals surface area contributed by atoms with Gasteiger partial charge in [-0.1, -0.05) is 35.9 Å². The third-order valence-corrected chi connectivity index (χ3v) is 5.96. The van der Waals surface area contributed by atoms with E-state index in [1.165, 1.54) is 5.56 Å². The molecule has 2 aromatic carbocycles. The fourth-order valence-electron chi connectivity index (χ4n) is 3.69. The van der Waals surface area contributed by atoms with Crippen LogP contribution in [0.25, 0.3) is 0 Å². The van der Waals surface area contributed by atoms with Crippen molar-refractivity contribution >= 4 is 29.1 Å². The molecule has 2 aromatic rings. The lowest BCUT2D eigenvalue weighted by Crippen LogP contribution is -2.50. The average Bonchev–Trinajstić information content (AvgIpc) is 2.77. The zero-order chi connectivity index (χ0) is 22.9. The van der Waals surface area contributed by atoms with Gasteiger partial charge in [0, 0.05) is 32.6 Å². The van der Waals surface area contributed by atoms with Crippen molar-refractivity contribution in [2.75, 3.05) is 44.6 Å². The maximum atomic E-state index is 12.5. The minimum absolute atomic E-state index is 0.0956. The third-order valence-electron chi connectivity index (χ3n) is 5.63. The summed E-state index contributed by atoms with van der Waals surface area (Å²) in [5, 5.41) is 3.37. The zero-order valence-electron chi connectivity index (χ0n) is 18.9. The second kappa shape index (κ2) is 11.9. The minimum atomic E-state index is -0.0956. The standard InChI is InChI=1S/C25H32ClN3O3/c1-19-10-11-20(2)23(17-19)32-16-6-5-9-25(31)29-14-12-28(13-15-29)18-24(30)27-22-8-4-3-7-21(22)26/h3-4,7-8,10-11,17H,5-6,9,12-16,18H2,1-2H3,(H,27,30). The van der Waals surface area contributed by atoms with E-state index in [4.69, 9.17) is 16.3 Å². The fourth-order valence-corrected chi connectivity index (χ4v) is 3.88. The lowest BCUT2D eigenvalue weighted by molar-refractivity contribution is -0.133. The molecule has 7 heteroatoms. The van der Waals surface area contributed by atoms with Gasteiger partial charge >= 0.3 is 0 Å². The van der Waals surface area contributed by atoms with Crippen molar-refractivity contribution in [1.82, 2.24) is 9.80 Å². The largest absolute Gasteiger partial charge is 0.493 e. The second-order valence-corrected chi connectivity index (χ2v) is 8.67. The molecule has 0 spiro atoms. The first-order valence-corrected chi connectivity index (χ1v) is 11.5. The number of aryl methyl sites for hydroxylation is 2. The van der Waals surface area contributed by atoms with Crippen LogP contribution in [0.15, 0.2) is 42.5 Å². The van der Waals surface area contributed by atoms with Crippen molar-refractivity contribution < 1.29 is 14.3 Å². The molecule has 1 aliphatic rings. The molecule has 6 nitrogen and oxygen atoms in total. The molecule has 1 aliphatic heterocycles. The fraction of sp³-hybridized carbons (Fsp3) is 0.440. The van der Waals surface area contributed by atoms with Gasteiger partial charge in [0.1, 0.15) is 5.75 Å². The molecule has 3 rings (SSSR count). The molecule has 0 unspecified atom stereocenters. The first-order chi connectivity index (χ1) is 15.4. The van der Waals surface area contributed by atoms with Crippen LogP contribution in [0.2, 0.25) is 5.02 Å². The van der Waals surface area contributed by atoms with Gasteiger partial charge in [-0.2, -0.15) is 0 Å². The number of halogens is 1. The van der Waals surface area contributed by atoms with Gasteiger partial charge in [0.15, 0.2) is 0 Å². The minimum Gasteiger partial charge on any atom is -0.493 e. The number of nitrogens with one attached hydrogen (secondary N) is 1. The van der Waals surface area contributed by atoms with Crippen LogP contribution in [-0.4, -0.2) is 60.9 Å². The van der Waals surface area contributed by atoms with Crippen molar-refractivity contribution in [3.8, 4) is 5.75 Å². The molecule has 0 bridgehead atoms. The molecule has 1 fully saturated rings. The molecule has 1 heterocycles. The van der Waals surface area contributed by atoms with Gasteiger partial charge in [-0.05, 0) is 56.0 Å². The Morgan fingerprint density at radius 1 is 1.03 bits per heavy atom. The van der Waals surface area contributed by atoms with Gasteiger partial charge in [0.2, 0.25) is 11.8 Å². The van der Waals surface area contributed by atoms with Crippen LogP contribution in [0.5, 0.6) is 5.75 Å². The average molecular weight is 458 g/mol. The predicted octanol–water partition coefficient (Wildman–Crippen LogP) is 4.29. The van der Waals surface area contributed by atoms with Gasteiger partial charge in [0.05, 0.1) is 23.9 Å². The Morgan fingerprint density at radius 3 is 2.53 bits per heavy atom. The molecule has 0 aromatic heterocycles. The molecule has 0 saturated carbocycles. The molecule has 1 N–H and O–H groups in total. The SMILES string of the molecule is Cc1ccc(C)c(OCCCCC(=O)N2CCN(CC(=O)Nc3ccccc3Cl)CC2)c1. The summed E-state index contributed by atoms with van der Waals surface area (Å²) in [5.74, 6) is 1.00. The Bertz CT molecular complexity index is 926. The summed E-state index contributed by atoms with van der Waals surface area (Å²) in [6.45, 7) is 7.69. The Hall–Kier alpha value is -2.57. The summed E-state index contributed by atoms with van der Waals surface area (Å²) in [6, 6.07) is 13.4. The number of unbranched alkanes of at least 4 members (excludes halogenated alkanes) is 1. The van der Waals surface area contributed by atoms with Gasteiger partial charge < -0.3 is 15.0 Å². The number of carbonyl (C=O) groups excluding carboxylic acids is 2. The van der Waals surface area contributed by atoms with Crippen LogP contribution in [0.4, 0.5) is 5.69 Å². The molecular weight excluding hydrogens is 426 g/mol. The van der Waals surface area contributed by atoms with Crippen LogP contribution >= 0.6 is 11.6 Å². The number of anilines is 1. The maximum Gasteiger partial charge on any atom is 0.238 e. The van der Waals surface area contributed by atoms with E-state index in [0.29, 0.717) is 56.5 Å². The predicted molar refractivity (Wildman–Crippen MR) is 128 cm³/mol. The van der Waals surface area contributed by atoms with E-state index in [0.717, 1.165) is 24.2 Å². The second-order valence-electron chi connectivity index (χ2n) is 8.26. The van der Waals surface area contributed by atoms with E-state index >= 15 is 0 Å². The molecule has 1 saturated heterocycles. The summed E-state index contributed by atoms with van der Waals surface area (Å²) in [5.41, 5.74) is 2.93. The van der Waals surface area contributed by atoms with E-state index < -0.39 is 0 Å². The van der Waals surface area contributed by atoms with Crippen molar-refractivity contribution in [3.63, 3.8) is 0 Å². The number of nitrogens with zero attached hydrogens (tertiary/aromatic N) is 2. The molecule has 0 radical (unpaired) electrons. The summed E-state index contributed by atoms with van der Waals surface area (Å²) in [4.78, 5) is 28.8. The number of hydrogen-bond donors (Lipinski definition) is 1. The van der Waals surface area contributed by atoms with E-state index in [2.05, 4.69) is 35.3 Å². The number of rotatable bonds is 9. The van der Waals surface area contributed by atoms with Crippen LogP contribution in [0.1, 0.15) is 30.4 Å². The van der Waals surface area contributed by atoms with Gasteiger partial charge in [-0.3, -0.25) is 14.5 Å². The lowest BCUT2D eigenvalue weighted by atomic mass is 10.1. The van der Waals surface area contributed by atoms with E-state index in [1.807, 2.05) is 24.0 Å². The highest BCUT2D eigenvalue weighted by Crippen LogP contribution is 2.21. The molecule has 2 amide bonds. The van der Waals surface area contributed by atoms with Crippen LogP contribution < -0.4 is 10.1 Å². The first-order valence-electron chi connectivity index (χ1n) is 11.2. The summed E-state index contributed by atoms with van der Waals surface area (Å²) in [6.07, 6.45) is 2.19. The number of amides is 2. The maximum absolute atomic E-state index is 12.5. The lowest BCUT2D eigenvalue weighted by Gasteiger charge is -2.34. The van der Waals surface area contributed by atoms with Crippen molar-refractivity contribution in [1.29, 1.82) is 0 Å². The summed E-state index contributed by atoms with van der Waals surface area (Å²) in [7, 11) is 0. The topological polar surface area (TPSA) is 61.9 Å². The Labute approximate surface area is 195 Å². The Balaban J connectivity index is 1.31. The van der Waals surface area contributed by atoms with Gasteiger partial charge in [0.25, 0.3) is 0 Å². The van der Waals surface area contributed by atoms with E-state index in [9.17, 15) is 9.59 Å².